The summed E-state index contributed by atoms with van der Waals surface area (Å²) in [7, 11) is -2.83. The van der Waals surface area contributed by atoms with E-state index in [4.69, 9.17) is 0 Å². The van der Waals surface area contributed by atoms with Gasteiger partial charge in [-0.1, -0.05) is 6.92 Å². The van der Waals surface area contributed by atoms with Crippen molar-refractivity contribution in [2.24, 2.45) is 0 Å². The number of ether oxygens (including phenoxy) is 1. The number of methoxy groups -OCH3 is 1. The monoisotopic (exact) mass is 355 g/mol. The molecule has 0 saturated heterocycles. The Morgan fingerprint density at radius 3 is 2.58 bits per heavy atom. The second kappa shape index (κ2) is 6.97. The Labute approximate surface area is 137 Å². The predicted octanol–water partition coefficient (Wildman–Crippen LogP) is -0.210. The van der Waals surface area contributed by atoms with Gasteiger partial charge in [0.1, 0.15) is 6.54 Å². The van der Waals surface area contributed by atoms with Gasteiger partial charge in [0.15, 0.2) is 0 Å². The molecule has 2 aromatic rings. The highest BCUT2D eigenvalue weighted by Crippen LogP contribution is 2.19. The summed E-state index contributed by atoms with van der Waals surface area (Å²) < 4.78 is 31.0. The number of sulfonamides is 1. The molecule has 0 fully saturated rings. The predicted molar refractivity (Wildman–Crippen MR) is 86.3 cm³/mol. The summed E-state index contributed by atoms with van der Waals surface area (Å²) in [6, 6.07) is 3.77. The summed E-state index contributed by atoms with van der Waals surface area (Å²) in [6.07, 6.45) is 0.498. The number of benzene rings is 1. The summed E-state index contributed by atoms with van der Waals surface area (Å²) in [4.78, 5) is 38.8. The van der Waals surface area contributed by atoms with E-state index in [2.05, 4.69) is 9.72 Å². The standard InChI is InChI=1S/C14H17N3O6S/c1-3-6-17(8-12(18)23-2)24(21,22)9-4-5-11-10(7-9)13(19)16-14(20)15-11/h4-5,7H,3,6,8H2,1-2H3,(H2,15,16,19,20). The molecule has 130 valence electrons. The number of hydrogen-bond donors (Lipinski definition) is 2. The Balaban J connectivity index is 2.54. The Morgan fingerprint density at radius 2 is 1.96 bits per heavy atom. The van der Waals surface area contributed by atoms with E-state index in [-0.39, 0.29) is 22.3 Å². The van der Waals surface area contributed by atoms with Crippen LogP contribution in [0.1, 0.15) is 13.3 Å². The molecule has 0 bridgehead atoms. The molecule has 0 unspecified atom stereocenters. The van der Waals surface area contributed by atoms with E-state index in [1.807, 2.05) is 4.98 Å². The number of esters is 1. The zero-order valence-electron chi connectivity index (χ0n) is 13.2. The van der Waals surface area contributed by atoms with Crippen molar-refractivity contribution in [3.8, 4) is 0 Å². The van der Waals surface area contributed by atoms with Crippen molar-refractivity contribution in [2.75, 3.05) is 20.2 Å². The van der Waals surface area contributed by atoms with Gasteiger partial charge in [-0.25, -0.2) is 13.2 Å². The third-order valence-electron chi connectivity index (χ3n) is 3.35. The fourth-order valence-electron chi connectivity index (χ4n) is 2.20. The molecule has 0 aliphatic carbocycles. The zero-order chi connectivity index (χ0) is 17.9. The SMILES string of the molecule is CCCN(CC(=O)OC)S(=O)(=O)c1ccc2[nH]c(=O)[nH]c(=O)c2c1. The molecule has 1 aromatic carbocycles. The van der Waals surface area contributed by atoms with Gasteiger partial charge < -0.3 is 9.72 Å². The van der Waals surface area contributed by atoms with Gasteiger partial charge in [0, 0.05) is 6.54 Å². The lowest BCUT2D eigenvalue weighted by Gasteiger charge is -2.20. The van der Waals surface area contributed by atoms with E-state index in [1.54, 1.807) is 6.92 Å². The largest absolute Gasteiger partial charge is 0.468 e. The number of aromatic amines is 2. The Bertz CT molecular complexity index is 976. The van der Waals surface area contributed by atoms with Crippen LogP contribution in [-0.4, -0.2) is 48.9 Å². The van der Waals surface area contributed by atoms with Gasteiger partial charge in [0.05, 0.1) is 22.9 Å². The Kier molecular flexibility index (Phi) is 5.20. The lowest BCUT2D eigenvalue weighted by molar-refractivity contribution is -0.140. The van der Waals surface area contributed by atoms with Gasteiger partial charge in [-0.3, -0.25) is 14.6 Å². The highest BCUT2D eigenvalue weighted by Gasteiger charge is 2.26. The van der Waals surface area contributed by atoms with Gasteiger partial charge in [-0.05, 0) is 24.6 Å². The van der Waals surface area contributed by atoms with Crippen LogP contribution >= 0.6 is 0 Å². The van der Waals surface area contributed by atoms with E-state index in [1.165, 1.54) is 25.3 Å². The number of carbonyl (C=O) groups is 1. The number of aromatic nitrogens is 2. The minimum atomic E-state index is -4.00. The summed E-state index contributed by atoms with van der Waals surface area (Å²) in [5.41, 5.74) is -1.15. The topological polar surface area (TPSA) is 129 Å². The molecule has 0 aliphatic heterocycles. The first-order valence-electron chi connectivity index (χ1n) is 7.13. The van der Waals surface area contributed by atoms with Gasteiger partial charge in [-0.15, -0.1) is 0 Å². The highest BCUT2D eigenvalue weighted by atomic mass is 32.2. The number of nitrogens with one attached hydrogen (secondary N) is 2. The second-order valence-corrected chi connectivity index (χ2v) is 6.97. The summed E-state index contributed by atoms with van der Waals surface area (Å²) >= 11 is 0. The molecule has 0 atom stereocenters. The number of fused-ring (bicyclic) bond motifs is 1. The van der Waals surface area contributed by atoms with Crippen LogP contribution in [0.2, 0.25) is 0 Å². The second-order valence-electron chi connectivity index (χ2n) is 5.03. The zero-order valence-corrected chi connectivity index (χ0v) is 14.0. The number of carbonyl (C=O) groups excluding carboxylic acids is 1. The van der Waals surface area contributed by atoms with E-state index in [0.29, 0.717) is 6.42 Å². The summed E-state index contributed by atoms with van der Waals surface area (Å²) in [5.74, 6) is -0.685. The molecule has 0 aliphatic rings. The number of rotatable bonds is 6. The fourth-order valence-corrected chi connectivity index (χ4v) is 3.70. The molecule has 1 heterocycles. The van der Waals surface area contributed by atoms with Crippen molar-refractivity contribution in [2.45, 2.75) is 18.2 Å². The molecule has 0 radical (unpaired) electrons. The number of nitrogens with zero attached hydrogens (tertiary/aromatic N) is 1. The van der Waals surface area contributed by atoms with Crippen LogP contribution in [-0.2, 0) is 19.6 Å². The molecular formula is C14H17N3O6S. The lowest BCUT2D eigenvalue weighted by atomic mass is 10.2. The molecular weight excluding hydrogens is 338 g/mol. The first kappa shape index (κ1) is 17.9. The molecule has 0 saturated carbocycles. The number of H-pyrrole nitrogens is 2. The van der Waals surface area contributed by atoms with Gasteiger partial charge in [0.2, 0.25) is 10.0 Å². The molecule has 9 nitrogen and oxygen atoms in total. The van der Waals surface area contributed by atoms with Crippen molar-refractivity contribution in [1.82, 2.24) is 14.3 Å². The highest BCUT2D eigenvalue weighted by molar-refractivity contribution is 7.89. The average Bonchev–Trinajstić information content (AvgIpc) is 2.53. The first-order valence-corrected chi connectivity index (χ1v) is 8.57. The fraction of sp³-hybridized carbons (Fsp3) is 0.357. The van der Waals surface area contributed by atoms with E-state index in [9.17, 15) is 22.8 Å². The molecule has 1 aromatic heterocycles. The van der Waals surface area contributed by atoms with E-state index >= 15 is 0 Å². The quantitative estimate of drug-likeness (QED) is 0.690. The average molecular weight is 355 g/mol. The third kappa shape index (κ3) is 3.54. The van der Waals surface area contributed by atoms with Gasteiger partial charge >= 0.3 is 11.7 Å². The Hall–Kier alpha value is -2.46. The maximum absolute atomic E-state index is 12.7. The van der Waals surface area contributed by atoms with Crippen molar-refractivity contribution in [1.29, 1.82) is 0 Å². The summed E-state index contributed by atoms with van der Waals surface area (Å²) in [5, 5.41) is 0.0326. The molecule has 2 rings (SSSR count). The van der Waals surface area contributed by atoms with Crippen LogP contribution in [0.4, 0.5) is 0 Å². The molecule has 2 N–H and O–H groups in total. The van der Waals surface area contributed by atoms with Crippen LogP contribution in [0.3, 0.4) is 0 Å². The molecule has 10 heteroatoms. The van der Waals surface area contributed by atoms with Crippen LogP contribution in [0.5, 0.6) is 0 Å². The van der Waals surface area contributed by atoms with Crippen molar-refractivity contribution < 1.29 is 17.9 Å². The maximum atomic E-state index is 12.7. The van der Waals surface area contributed by atoms with Crippen molar-refractivity contribution in [3.63, 3.8) is 0 Å². The van der Waals surface area contributed by atoms with E-state index < -0.39 is 33.8 Å². The molecule has 0 amide bonds. The number of hydrogen-bond acceptors (Lipinski definition) is 6. The first-order chi connectivity index (χ1) is 11.3. The van der Waals surface area contributed by atoms with Gasteiger partial charge in [0.25, 0.3) is 5.56 Å². The Morgan fingerprint density at radius 1 is 1.25 bits per heavy atom. The lowest BCUT2D eigenvalue weighted by Crippen LogP contribution is -2.36. The maximum Gasteiger partial charge on any atom is 0.326 e. The molecule has 24 heavy (non-hydrogen) atoms. The van der Waals surface area contributed by atoms with Gasteiger partial charge in [-0.2, -0.15) is 4.31 Å². The van der Waals surface area contributed by atoms with Crippen LogP contribution < -0.4 is 11.2 Å². The van der Waals surface area contributed by atoms with Crippen LogP contribution in [0.25, 0.3) is 10.9 Å². The third-order valence-corrected chi connectivity index (χ3v) is 5.20. The van der Waals surface area contributed by atoms with Crippen molar-refractivity contribution >= 4 is 26.9 Å². The van der Waals surface area contributed by atoms with Crippen LogP contribution in [0, 0.1) is 0 Å². The minimum absolute atomic E-state index is 0.0326. The van der Waals surface area contributed by atoms with E-state index in [0.717, 1.165) is 4.31 Å². The minimum Gasteiger partial charge on any atom is -0.468 e. The normalized spacial score (nSPS) is 11.8. The van der Waals surface area contributed by atoms with Crippen LogP contribution in [0.15, 0.2) is 32.7 Å². The van der Waals surface area contributed by atoms with Crippen molar-refractivity contribution in [3.05, 3.63) is 39.0 Å². The smallest absolute Gasteiger partial charge is 0.326 e. The summed E-state index contributed by atoms with van der Waals surface area (Å²) in [6.45, 7) is 1.47. The molecule has 0 spiro atoms.